The van der Waals surface area contributed by atoms with Crippen LogP contribution in [-0.2, 0) is 14.1 Å². The molecular weight excluding hydrogens is 304 g/mol. The SMILES string of the molecule is Cn1c(=O)n(C)c2cc(NC(=O)c3ccc4cc[nH]c4c3)ccc21. The van der Waals surface area contributed by atoms with Gasteiger partial charge in [0.15, 0.2) is 0 Å². The van der Waals surface area contributed by atoms with E-state index >= 15 is 0 Å². The van der Waals surface area contributed by atoms with Crippen LogP contribution in [0, 0.1) is 0 Å². The van der Waals surface area contributed by atoms with Crippen molar-refractivity contribution in [2.75, 3.05) is 5.32 Å². The topological polar surface area (TPSA) is 71.8 Å². The summed E-state index contributed by atoms with van der Waals surface area (Å²) in [6.07, 6.45) is 1.84. The maximum absolute atomic E-state index is 12.5. The van der Waals surface area contributed by atoms with Crippen LogP contribution in [0.3, 0.4) is 0 Å². The first-order chi connectivity index (χ1) is 11.5. The van der Waals surface area contributed by atoms with Crippen molar-refractivity contribution in [3.8, 4) is 0 Å². The minimum Gasteiger partial charge on any atom is -0.361 e. The molecule has 6 heteroatoms. The van der Waals surface area contributed by atoms with E-state index in [1.165, 1.54) is 0 Å². The molecule has 0 fully saturated rings. The monoisotopic (exact) mass is 320 g/mol. The fourth-order valence-electron chi connectivity index (χ4n) is 2.98. The van der Waals surface area contributed by atoms with E-state index in [1.807, 2.05) is 36.5 Å². The smallest absolute Gasteiger partial charge is 0.328 e. The Morgan fingerprint density at radius 3 is 2.62 bits per heavy atom. The zero-order valence-corrected chi connectivity index (χ0v) is 13.3. The van der Waals surface area contributed by atoms with Gasteiger partial charge in [0.1, 0.15) is 0 Å². The molecule has 2 aromatic heterocycles. The number of nitrogens with one attached hydrogen (secondary N) is 2. The maximum atomic E-state index is 12.5. The number of nitrogens with zero attached hydrogens (tertiary/aromatic N) is 2. The molecule has 0 saturated heterocycles. The van der Waals surface area contributed by atoms with E-state index in [9.17, 15) is 9.59 Å². The first-order valence-corrected chi connectivity index (χ1v) is 7.58. The standard InChI is InChI=1S/C18H16N4O2/c1-21-15-6-5-13(10-16(15)22(2)18(21)24)20-17(23)12-4-3-11-7-8-19-14(11)9-12/h3-10,19H,1-2H3,(H,20,23). The lowest BCUT2D eigenvalue weighted by atomic mass is 10.1. The number of rotatable bonds is 2. The van der Waals surface area contributed by atoms with Crippen LogP contribution in [-0.4, -0.2) is 20.0 Å². The summed E-state index contributed by atoms with van der Waals surface area (Å²) in [6.45, 7) is 0. The zero-order chi connectivity index (χ0) is 16.8. The first-order valence-electron chi connectivity index (χ1n) is 7.58. The lowest BCUT2D eigenvalue weighted by Crippen LogP contribution is -2.19. The summed E-state index contributed by atoms with van der Waals surface area (Å²) in [4.78, 5) is 27.5. The van der Waals surface area contributed by atoms with E-state index in [2.05, 4.69) is 10.3 Å². The number of aryl methyl sites for hydroxylation is 2. The van der Waals surface area contributed by atoms with Crippen LogP contribution in [0.1, 0.15) is 10.4 Å². The van der Waals surface area contributed by atoms with Crippen LogP contribution in [0.5, 0.6) is 0 Å². The fourth-order valence-corrected chi connectivity index (χ4v) is 2.98. The molecule has 0 radical (unpaired) electrons. The van der Waals surface area contributed by atoms with E-state index in [-0.39, 0.29) is 11.6 Å². The fraction of sp³-hybridized carbons (Fsp3) is 0.111. The molecule has 0 aliphatic heterocycles. The van der Waals surface area contributed by atoms with E-state index in [0.717, 1.165) is 21.9 Å². The Balaban J connectivity index is 1.69. The third-order valence-electron chi connectivity index (χ3n) is 4.35. The number of H-pyrrole nitrogens is 1. The molecule has 0 bridgehead atoms. The highest BCUT2D eigenvalue weighted by molar-refractivity contribution is 6.06. The average Bonchev–Trinajstić information content (AvgIpc) is 3.14. The molecule has 2 N–H and O–H groups in total. The summed E-state index contributed by atoms with van der Waals surface area (Å²) in [5.41, 5.74) is 3.66. The highest BCUT2D eigenvalue weighted by atomic mass is 16.2. The van der Waals surface area contributed by atoms with Crippen molar-refractivity contribution in [1.82, 2.24) is 14.1 Å². The van der Waals surface area contributed by atoms with Gasteiger partial charge in [0.05, 0.1) is 11.0 Å². The van der Waals surface area contributed by atoms with Crippen LogP contribution < -0.4 is 11.0 Å². The molecule has 0 spiro atoms. The van der Waals surface area contributed by atoms with E-state index in [4.69, 9.17) is 0 Å². The average molecular weight is 320 g/mol. The molecule has 2 heterocycles. The Morgan fingerprint density at radius 1 is 1.00 bits per heavy atom. The number of anilines is 1. The first kappa shape index (κ1) is 14.3. The molecule has 4 aromatic rings. The molecule has 0 unspecified atom stereocenters. The Labute approximate surface area is 137 Å². The molecule has 120 valence electrons. The third kappa shape index (κ3) is 2.11. The molecule has 24 heavy (non-hydrogen) atoms. The highest BCUT2D eigenvalue weighted by Gasteiger charge is 2.11. The number of hydrogen-bond acceptors (Lipinski definition) is 2. The molecule has 4 rings (SSSR count). The second kappa shape index (κ2) is 5.13. The van der Waals surface area contributed by atoms with Gasteiger partial charge in [-0.1, -0.05) is 6.07 Å². The van der Waals surface area contributed by atoms with E-state index in [1.54, 1.807) is 35.4 Å². The Bertz CT molecular complexity index is 1150. The van der Waals surface area contributed by atoms with Crippen LogP contribution >= 0.6 is 0 Å². The molecule has 0 atom stereocenters. The molecule has 0 aliphatic rings. The number of aromatic amines is 1. The zero-order valence-electron chi connectivity index (χ0n) is 13.3. The van der Waals surface area contributed by atoms with Crippen molar-refractivity contribution in [3.05, 3.63) is 64.7 Å². The van der Waals surface area contributed by atoms with Gasteiger partial charge in [-0.05, 0) is 41.8 Å². The second-order valence-electron chi connectivity index (χ2n) is 5.84. The Kier molecular flexibility index (Phi) is 3.06. The summed E-state index contributed by atoms with van der Waals surface area (Å²) in [7, 11) is 3.45. The molecular formula is C18H16N4O2. The van der Waals surface area contributed by atoms with Crippen LogP contribution in [0.2, 0.25) is 0 Å². The number of fused-ring (bicyclic) bond motifs is 2. The van der Waals surface area contributed by atoms with Gasteiger partial charge in [-0.3, -0.25) is 13.9 Å². The summed E-state index contributed by atoms with van der Waals surface area (Å²) in [5, 5.41) is 3.95. The van der Waals surface area contributed by atoms with Gasteiger partial charge in [0, 0.05) is 37.1 Å². The molecule has 0 saturated carbocycles. The molecule has 0 aliphatic carbocycles. The number of aromatic nitrogens is 3. The highest BCUT2D eigenvalue weighted by Crippen LogP contribution is 2.19. The number of benzene rings is 2. The van der Waals surface area contributed by atoms with Crippen LogP contribution in [0.15, 0.2) is 53.5 Å². The Hall–Kier alpha value is -3.28. The van der Waals surface area contributed by atoms with Crippen molar-refractivity contribution < 1.29 is 4.79 Å². The summed E-state index contributed by atoms with van der Waals surface area (Å²) >= 11 is 0. The van der Waals surface area contributed by atoms with Gasteiger partial charge in [0.25, 0.3) is 5.91 Å². The number of amides is 1. The van der Waals surface area contributed by atoms with Gasteiger partial charge in [0.2, 0.25) is 0 Å². The second-order valence-corrected chi connectivity index (χ2v) is 5.84. The van der Waals surface area contributed by atoms with Crippen molar-refractivity contribution in [3.63, 3.8) is 0 Å². The summed E-state index contributed by atoms with van der Waals surface area (Å²) in [5.74, 6) is -0.188. The Morgan fingerprint density at radius 2 is 1.79 bits per heavy atom. The van der Waals surface area contributed by atoms with Crippen molar-refractivity contribution in [2.24, 2.45) is 14.1 Å². The van der Waals surface area contributed by atoms with Crippen LogP contribution in [0.4, 0.5) is 5.69 Å². The predicted octanol–water partition coefficient (Wildman–Crippen LogP) is 2.61. The van der Waals surface area contributed by atoms with Gasteiger partial charge >= 0.3 is 5.69 Å². The largest absolute Gasteiger partial charge is 0.361 e. The normalized spacial score (nSPS) is 11.2. The molecule has 6 nitrogen and oxygen atoms in total. The van der Waals surface area contributed by atoms with Gasteiger partial charge in [-0.25, -0.2) is 4.79 Å². The number of hydrogen-bond donors (Lipinski definition) is 2. The van der Waals surface area contributed by atoms with Crippen molar-refractivity contribution >= 4 is 33.5 Å². The number of imidazole rings is 1. The third-order valence-corrected chi connectivity index (χ3v) is 4.35. The molecule has 2 aromatic carbocycles. The van der Waals surface area contributed by atoms with Crippen molar-refractivity contribution in [1.29, 1.82) is 0 Å². The van der Waals surface area contributed by atoms with Gasteiger partial charge < -0.3 is 10.3 Å². The van der Waals surface area contributed by atoms with Gasteiger partial charge in [-0.15, -0.1) is 0 Å². The number of carbonyl (C=O) groups is 1. The summed E-state index contributed by atoms with van der Waals surface area (Å²) < 4.78 is 3.15. The lowest BCUT2D eigenvalue weighted by molar-refractivity contribution is 0.102. The van der Waals surface area contributed by atoms with E-state index < -0.39 is 0 Å². The number of carbonyl (C=O) groups excluding carboxylic acids is 1. The lowest BCUT2D eigenvalue weighted by Gasteiger charge is -2.06. The maximum Gasteiger partial charge on any atom is 0.328 e. The minimum absolute atomic E-state index is 0.0920. The predicted molar refractivity (Wildman–Crippen MR) is 94.4 cm³/mol. The van der Waals surface area contributed by atoms with Gasteiger partial charge in [-0.2, -0.15) is 0 Å². The quantitative estimate of drug-likeness (QED) is 0.596. The summed E-state index contributed by atoms with van der Waals surface area (Å²) in [6, 6.07) is 12.9. The van der Waals surface area contributed by atoms with E-state index in [0.29, 0.717) is 11.3 Å². The van der Waals surface area contributed by atoms with Crippen LogP contribution in [0.25, 0.3) is 21.9 Å². The molecule has 1 amide bonds. The van der Waals surface area contributed by atoms with Crippen molar-refractivity contribution in [2.45, 2.75) is 0 Å². The minimum atomic E-state index is -0.188.